The normalized spacial score (nSPS) is 13.7. The van der Waals surface area contributed by atoms with Gasteiger partial charge >= 0.3 is 0 Å². The summed E-state index contributed by atoms with van der Waals surface area (Å²) < 4.78 is 11.9. The van der Waals surface area contributed by atoms with Crippen LogP contribution in [0.3, 0.4) is 0 Å². The Balaban J connectivity index is 1.78. The van der Waals surface area contributed by atoms with Crippen molar-refractivity contribution in [2.75, 3.05) is 13.2 Å². The third-order valence-electron chi connectivity index (χ3n) is 2.81. The maximum Gasteiger partial charge on any atom is 0.186 e. The predicted octanol–water partition coefficient (Wildman–Crippen LogP) is 4.18. The number of fused-ring (bicyclic) bond motifs is 1. The molecule has 0 N–H and O–H groups in total. The number of hydrogen-bond donors (Lipinski definition) is 0. The second-order valence-electron chi connectivity index (χ2n) is 4.22. The number of thiophene rings is 1. The Morgan fingerprint density at radius 1 is 1.20 bits per heavy atom. The number of rotatable bonds is 3. The topological polar surface area (TPSA) is 35.5 Å². The fraction of sp³-hybridized carbons (Fsp3) is 0.133. The van der Waals surface area contributed by atoms with Crippen molar-refractivity contribution in [3.8, 4) is 11.5 Å². The molecule has 0 saturated heterocycles. The number of ketones is 1. The quantitative estimate of drug-likeness (QED) is 0.615. The third-order valence-corrected chi connectivity index (χ3v) is 4.47. The summed E-state index contributed by atoms with van der Waals surface area (Å²) in [5.74, 6) is 1.28. The van der Waals surface area contributed by atoms with Crippen LogP contribution in [0.25, 0.3) is 6.08 Å². The van der Waals surface area contributed by atoms with Crippen molar-refractivity contribution in [2.45, 2.75) is 0 Å². The summed E-state index contributed by atoms with van der Waals surface area (Å²) in [6, 6.07) is 7.23. The molecule has 0 aliphatic carbocycles. The van der Waals surface area contributed by atoms with E-state index in [1.807, 2.05) is 17.5 Å². The van der Waals surface area contributed by atoms with Gasteiger partial charge in [0.25, 0.3) is 0 Å². The van der Waals surface area contributed by atoms with Gasteiger partial charge in [0.1, 0.15) is 13.2 Å². The van der Waals surface area contributed by atoms with E-state index in [-0.39, 0.29) is 5.78 Å². The van der Waals surface area contributed by atoms with Gasteiger partial charge in [-0.25, -0.2) is 0 Å². The first-order valence-electron chi connectivity index (χ1n) is 6.08. The van der Waals surface area contributed by atoms with Crippen molar-refractivity contribution in [2.24, 2.45) is 0 Å². The van der Waals surface area contributed by atoms with Gasteiger partial charge in [0.05, 0.1) is 0 Å². The maximum absolute atomic E-state index is 12.1. The first-order valence-corrected chi connectivity index (χ1v) is 7.76. The molecule has 1 aromatic heterocycles. The van der Waals surface area contributed by atoms with Crippen LogP contribution in [0.4, 0.5) is 0 Å². The van der Waals surface area contributed by atoms with Crippen LogP contribution in [0.1, 0.15) is 15.2 Å². The van der Waals surface area contributed by atoms with Crippen LogP contribution in [0.5, 0.6) is 11.5 Å². The Hall–Kier alpha value is -1.59. The minimum absolute atomic E-state index is 0.0495. The van der Waals surface area contributed by atoms with Crippen LogP contribution in [-0.2, 0) is 0 Å². The van der Waals surface area contributed by atoms with Crippen molar-refractivity contribution in [3.63, 3.8) is 0 Å². The van der Waals surface area contributed by atoms with Crippen molar-refractivity contribution < 1.29 is 14.3 Å². The Labute approximate surface area is 129 Å². The molecular formula is C15H11BrO3S. The zero-order chi connectivity index (χ0) is 13.9. The monoisotopic (exact) mass is 350 g/mol. The average Bonchev–Trinajstić information content (AvgIpc) is 2.90. The van der Waals surface area contributed by atoms with Crippen molar-refractivity contribution in [1.29, 1.82) is 0 Å². The van der Waals surface area contributed by atoms with Crippen LogP contribution in [-0.4, -0.2) is 19.0 Å². The molecule has 0 atom stereocenters. The number of halogens is 1. The standard InChI is InChI=1S/C15H11BrO3S/c16-11-8-12(20-9-11)2-3-13(17)10-1-4-14-15(7-10)19-6-5-18-14/h1-4,7-9H,5-6H2. The zero-order valence-electron chi connectivity index (χ0n) is 10.5. The molecule has 0 saturated carbocycles. The average molecular weight is 351 g/mol. The van der Waals surface area contributed by atoms with Gasteiger partial charge in [-0.15, -0.1) is 11.3 Å². The van der Waals surface area contributed by atoms with E-state index in [0.717, 1.165) is 9.35 Å². The Morgan fingerprint density at radius 2 is 2.00 bits per heavy atom. The van der Waals surface area contributed by atoms with Crippen LogP contribution < -0.4 is 9.47 Å². The summed E-state index contributed by atoms with van der Waals surface area (Å²) in [4.78, 5) is 13.2. The van der Waals surface area contributed by atoms with Gasteiger partial charge in [-0.3, -0.25) is 4.79 Å². The van der Waals surface area contributed by atoms with Gasteiger partial charge in [0, 0.05) is 20.3 Å². The summed E-state index contributed by atoms with van der Waals surface area (Å²) in [6.45, 7) is 1.07. The predicted molar refractivity (Wildman–Crippen MR) is 82.8 cm³/mol. The highest BCUT2D eigenvalue weighted by molar-refractivity contribution is 9.10. The minimum Gasteiger partial charge on any atom is -0.486 e. The lowest BCUT2D eigenvalue weighted by Crippen LogP contribution is -2.15. The lowest BCUT2D eigenvalue weighted by atomic mass is 10.1. The SMILES string of the molecule is O=C(C=Cc1cc(Br)cs1)c1ccc2c(c1)OCCO2. The number of hydrogen-bond acceptors (Lipinski definition) is 4. The maximum atomic E-state index is 12.1. The molecule has 0 bridgehead atoms. The third kappa shape index (κ3) is 2.94. The van der Waals surface area contributed by atoms with Crippen molar-refractivity contribution in [1.82, 2.24) is 0 Å². The van der Waals surface area contributed by atoms with Gasteiger partial charge < -0.3 is 9.47 Å². The van der Waals surface area contributed by atoms with E-state index in [0.29, 0.717) is 30.3 Å². The molecule has 0 fully saturated rings. The van der Waals surface area contributed by atoms with Crippen molar-refractivity contribution >= 4 is 39.1 Å². The summed E-state index contributed by atoms with van der Waals surface area (Å²) in [6.07, 6.45) is 3.39. The highest BCUT2D eigenvalue weighted by Crippen LogP contribution is 2.31. The molecule has 0 amide bonds. The Morgan fingerprint density at radius 3 is 2.75 bits per heavy atom. The van der Waals surface area contributed by atoms with Gasteiger partial charge in [0.2, 0.25) is 0 Å². The largest absolute Gasteiger partial charge is 0.486 e. The van der Waals surface area contributed by atoms with Gasteiger partial charge in [-0.05, 0) is 52.3 Å². The molecule has 1 aliphatic rings. The van der Waals surface area contributed by atoms with Crippen LogP contribution in [0.2, 0.25) is 0 Å². The van der Waals surface area contributed by atoms with Gasteiger partial charge in [-0.2, -0.15) is 0 Å². The highest BCUT2D eigenvalue weighted by atomic mass is 79.9. The highest BCUT2D eigenvalue weighted by Gasteiger charge is 2.13. The van der Waals surface area contributed by atoms with Gasteiger partial charge in [-0.1, -0.05) is 0 Å². The molecule has 0 radical (unpaired) electrons. The molecule has 3 nitrogen and oxygen atoms in total. The van der Waals surface area contributed by atoms with E-state index in [4.69, 9.17) is 9.47 Å². The molecule has 0 spiro atoms. The van der Waals surface area contributed by atoms with E-state index >= 15 is 0 Å². The minimum atomic E-state index is -0.0495. The van der Waals surface area contributed by atoms with E-state index in [1.54, 1.807) is 35.6 Å². The smallest absolute Gasteiger partial charge is 0.186 e. The molecule has 3 rings (SSSR count). The molecule has 2 aromatic rings. The summed E-state index contributed by atoms with van der Waals surface area (Å²) in [7, 11) is 0. The number of benzene rings is 1. The number of allylic oxidation sites excluding steroid dienone is 1. The molecule has 2 heterocycles. The number of carbonyl (C=O) groups excluding carboxylic acids is 1. The Bertz CT molecular complexity index is 676. The second-order valence-corrected chi connectivity index (χ2v) is 6.08. The van der Waals surface area contributed by atoms with E-state index < -0.39 is 0 Å². The second kappa shape index (κ2) is 5.81. The van der Waals surface area contributed by atoms with Crippen LogP contribution in [0.15, 0.2) is 40.2 Å². The lowest BCUT2D eigenvalue weighted by Gasteiger charge is -2.18. The fourth-order valence-corrected chi connectivity index (χ4v) is 3.20. The van der Waals surface area contributed by atoms with E-state index in [9.17, 15) is 4.79 Å². The summed E-state index contributed by atoms with van der Waals surface area (Å²) in [5.41, 5.74) is 0.598. The molecule has 1 aliphatic heterocycles. The summed E-state index contributed by atoms with van der Waals surface area (Å²) in [5, 5.41) is 1.98. The van der Waals surface area contributed by atoms with E-state index in [2.05, 4.69) is 15.9 Å². The number of carbonyl (C=O) groups is 1. The fourth-order valence-electron chi connectivity index (χ4n) is 1.87. The first-order chi connectivity index (χ1) is 9.72. The first kappa shape index (κ1) is 13.4. The van der Waals surface area contributed by atoms with Crippen molar-refractivity contribution in [3.05, 3.63) is 50.6 Å². The molecule has 102 valence electrons. The lowest BCUT2D eigenvalue weighted by molar-refractivity contribution is 0.104. The van der Waals surface area contributed by atoms with E-state index in [1.165, 1.54) is 0 Å². The molecule has 5 heteroatoms. The number of ether oxygens (including phenoxy) is 2. The molecular weight excluding hydrogens is 340 g/mol. The zero-order valence-corrected chi connectivity index (χ0v) is 12.9. The van der Waals surface area contributed by atoms with Crippen LogP contribution >= 0.6 is 27.3 Å². The van der Waals surface area contributed by atoms with Gasteiger partial charge in [0.15, 0.2) is 17.3 Å². The molecule has 1 aromatic carbocycles. The molecule has 0 unspecified atom stereocenters. The Kier molecular flexibility index (Phi) is 3.89. The molecule has 20 heavy (non-hydrogen) atoms. The van der Waals surface area contributed by atoms with Crippen LogP contribution in [0, 0.1) is 0 Å². The summed E-state index contributed by atoms with van der Waals surface area (Å²) >= 11 is 4.97.